The number of aromatic nitrogens is 5. The van der Waals surface area contributed by atoms with E-state index < -0.39 is 27.0 Å². The molecule has 3 rings (SSSR count). The summed E-state index contributed by atoms with van der Waals surface area (Å²) in [5, 5.41) is 6.39. The van der Waals surface area contributed by atoms with E-state index in [1.165, 1.54) is 29.2 Å². The molecule has 0 fully saturated rings. The molecule has 0 spiro atoms. The van der Waals surface area contributed by atoms with E-state index in [0.29, 0.717) is 11.8 Å². The van der Waals surface area contributed by atoms with Crippen molar-refractivity contribution in [1.82, 2.24) is 30.0 Å². The number of carbonyl (C=O) groups is 1. The normalized spacial score (nSPS) is 12.3. The van der Waals surface area contributed by atoms with Crippen LogP contribution in [0.5, 0.6) is 0 Å². The van der Waals surface area contributed by atoms with Crippen LogP contribution in [-0.2, 0) is 9.84 Å². The van der Waals surface area contributed by atoms with Crippen molar-refractivity contribution in [3.05, 3.63) is 59.4 Å². The zero-order valence-electron chi connectivity index (χ0n) is 16.4. The van der Waals surface area contributed by atoms with Crippen molar-refractivity contribution >= 4 is 40.8 Å². The third kappa shape index (κ3) is 4.97. The van der Waals surface area contributed by atoms with Crippen LogP contribution in [-0.4, -0.2) is 44.3 Å². The van der Waals surface area contributed by atoms with Crippen molar-refractivity contribution in [3.8, 4) is 5.95 Å². The monoisotopic (exact) mass is 468 g/mol. The number of hydrogen-bond donors (Lipinski definition) is 1. The van der Waals surface area contributed by atoms with Crippen LogP contribution >= 0.6 is 25.1 Å². The van der Waals surface area contributed by atoms with E-state index in [0.717, 1.165) is 0 Å². The lowest BCUT2D eigenvalue weighted by molar-refractivity contribution is 0.0937. The van der Waals surface area contributed by atoms with Gasteiger partial charge in [-0.1, -0.05) is 11.6 Å². The van der Waals surface area contributed by atoms with E-state index in [4.69, 9.17) is 11.6 Å². The molecule has 1 N–H and O–H groups in total. The first-order valence-corrected chi connectivity index (χ1v) is 10.6. The number of nitrogens with zero attached hydrogens (tertiary/aromatic N) is 5. The first kappa shape index (κ1) is 23.8. The van der Waals surface area contributed by atoms with Gasteiger partial charge < -0.3 is 5.32 Å². The minimum Gasteiger partial charge on any atom is -0.342 e. The zero-order valence-corrected chi connectivity index (χ0v) is 19.0. The Kier molecular flexibility index (Phi) is 7.56. The molecule has 0 aliphatic heterocycles. The second kappa shape index (κ2) is 9.54. The highest BCUT2D eigenvalue weighted by molar-refractivity contribution is 7.92. The third-order valence-corrected chi connectivity index (χ3v) is 6.49. The minimum absolute atomic E-state index is 0. The lowest BCUT2D eigenvalue weighted by Crippen LogP contribution is -2.29. The molecule has 0 aliphatic carbocycles. The van der Waals surface area contributed by atoms with Gasteiger partial charge in [0, 0.05) is 23.0 Å². The Morgan fingerprint density at radius 3 is 2.40 bits per heavy atom. The van der Waals surface area contributed by atoms with Crippen molar-refractivity contribution in [2.24, 2.45) is 0 Å². The topological polar surface area (TPSA) is 120 Å². The highest BCUT2D eigenvalue weighted by atomic mass is 35.5. The maximum Gasteiger partial charge on any atom is 0.252 e. The molecule has 1 atom stereocenters. The summed E-state index contributed by atoms with van der Waals surface area (Å²) < 4.78 is 26.3. The molecular weight excluding hydrogens is 448 g/mol. The smallest absolute Gasteiger partial charge is 0.252 e. The summed E-state index contributed by atoms with van der Waals surface area (Å²) in [7, 11) is -3.58. The van der Waals surface area contributed by atoms with Gasteiger partial charge in [-0.25, -0.2) is 23.4 Å². The second-order valence-corrected chi connectivity index (χ2v) is 9.48. The second-order valence-electron chi connectivity index (χ2n) is 6.54. The predicted octanol–water partition coefficient (Wildman–Crippen LogP) is 2.50. The van der Waals surface area contributed by atoms with Gasteiger partial charge >= 0.3 is 0 Å². The van der Waals surface area contributed by atoms with Crippen LogP contribution < -0.4 is 5.32 Å². The molecule has 0 aliphatic rings. The molecule has 0 saturated carbocycles. The molecule has 2 aromatic heterocycles. The van der Waals surface area contributed by atoms with E-state index in [-0.39, 0.29) is 29.0 Å². The van der Waals surface area contributed by atoms with Crippen LogP contribution in [0.3, 0.4) is 0 Å². The fourth-order valence-electron chi connectivity index (χ4n) is 2.58. The highest BCUT2D eigenvalue weighted by Crippen LogP contribution is 2.23. The number of rotatable bonds is 6. The summed E-state index contributed by atoms with van der Waals surface area (Å²) in [6.07, 6.45) is 4.47. The molecule has 0 unspecified atom stereocenters. The summed E-state index contributed by atoms with van der Waals surface area (Å²) in [4.78, 5) is 25.2. The van der Waals surface area contributed by atoms with Gasteiger partial charge in [0.2, 0.25) is 0 Å². The largest absolute Gasteiger partial charge is 0.342 e. The molecule has 9 nitrogen and oxygen atoms in total. The van der Waals surface area contributed by atoms with Crippen molar-refractivity contribution in [3.63, 3.8) is 0 Å². The maximum atomic E-state index is 12.7. The Morgan fingerprint density at radius 1 is 1.10 bits per heavy atom. The number of halogens is 1. The molecule has 0 radical (unpaired) electrons. The number of carbonyl (C=O) groups excluding carboxylic acids is 1. The van der Waals surface area contributed by atoms with E-state index in [2.05, 4.69) is 25.4 Å². The predicted molar refractivity (Wildman–Crippen MR) is 117 cm³/mol. The Hall–Kier alpha value is -2.50. The van der Waals surface area contributed by atoms with Crippen LogP contribution in [0.25, 0.3) is 5.95 Å². The third-order valence-electron chi connectivity index (χ3n) is 4.13. The average molecular weight is 469 g/mol. The summed E-state index contributed by atoms with van der Waals surface area (Å²) >= 11 is 6.06. The molecule has 1 amide bonds. The van der Waals surface area contributed by atoms with E-state index in [9.17, 15) is 13.2 Å². The first-order valence-electron chi connectivity index (χ1n) is 8.73. The Labute approximate surface area is 186 Å². The SMILES string of the molecule is CC(C)S(=O)(=O)c1cc(Cl)cc(C(=O)N[C@H](C)c2ncnn2-c2ncccn2)c1.S. The van der Waals surface area contributed by atoms with Gasteiger partial charge in [-0.3, -0.25) is 4.79 Å². The summed E-state index contributed by atoms with van der Waals surface area (Å²) in [5.74, 6) is 0.236. The number of amides is 1. The number of hydrogen-bond acceptors (Lipinski definition) is 7. The summed E-state index contributed by atoms with van der Waals surface area (Å²) in [6.45, 7) is 4.85. The standard InChI is InChI=1S/C18H19ClN6O3S.H2S/c1-11(2)29(27,28)15-8-13(7-14(19)9-15)17(26)24-12(3)16-22-10-23-25(16)18-20-5-4-6-21-18;/h4-12H,1-3H3,(H,24,26);1H2/t12-;/m1./s1. The van der Waals surface area contributed by atoms with Gasteiger partial charge in [0.25, 0.3) is 11.9 Å². The lowest BCUT2D eigenvalue weighted by Gasteiger charge is -2.15. The van der Waals surface area contributed by atoms with Crippen molar-refractivity contribution in [1.29, 1.82) is 0 Å². The lowest BCUT2D eigenvalue weighted by atomic mass is 10.2. The van der Waals surface area contributed by atoms with Crippen LogP contribution in [0.2, 0.25) is 5.02 Å². The Balaban J connectivity index is 0.00000320. The molecule has 0 saturated heterocycles. The average Bonchev–Trinajstić information content (AvgIpc) is 3.18. The van der Waals surface area contributed by atoms with Crippen molar-refractivity contribution in [2.75, 3.05) is 0 Å². The zero-order chi connectivity index (χ0) is 21.2. The molecule has 3 aromatic rings. The number of benzene rings is 1. The maximum absolute atomic E-state index is 12.7. The molecule has 0 bridgehead atoms. The first-order chi connectivity index (χ1) is 13.7. The van der Waals surface area contributed by atoms with Gasteiger partial charge in [0.15, 0.2) is 15.7 Å². The Bertz CT molecular complexity index is 1140. The molecule has 30 heavy (non-hydrogen) atoms. The van der Waals surface area contributed by atoms with Crippen molar-refractivity contribution in [2.45, 2.75) is 37.0 Å². The molecule has 160 valence electrons. The highest BCUT2D eigenvalue weighted by Gasteiger charge is 2.23. The summed E-state index contributed by atoms with van der Waals surface area (Å²) in [6, 6.07) is 5.17. The van der Waals surface area contributed by atoms with Gasteiger partial charge in [0.1, 0.15) is 6.33 Å². The quantitative estimate of drug-likeness (QED) is 0.590. The fraction of sp³-hybridized carbons (Fsp3) is 0.278. The minimum atomic E-state index is -3.58. The molecule has 12 heteroatoms. The van der Waals surface area contributed by atoms with E-state index >= 15 is 0 Å². The molecule has 1 aromatic carbocycles. The number of nitrogens with one attached hydrogen (secondary N) is 1. The van der Waals surface area contributed by atoms with Crippen LogP contribution in [0.4, 0.5) is 0 Å². The van der Waals surface area contributed by atoms with Gasteiger partial charge in [-0.05, 0) is 45.0 Å². The molecule has 2 heterocycles. The number of sulfone groups is 1. The van der Waals surface area contributed by atoms with Gasteiger partial charge in [0.05, 0.1) is 16.2 Å². The van der Waals surface area contributed by atoms with Gasteiger partial charge in [-0.15, -0.1) is 0 Å². The Morgan fingerprint density at radius 2 is 1.77 bits per heavy atom. The fourth-order valence-corrected chi connectivity index (χ4v) is 4.00. The van der Waals surface area contributed by atoms with Crippen LogP contribution in [0.15, 0.2) is 47.9 Å². The van der Waals surface area contributed by atoms with Gasteiger partial charge in [-0.2, -0.15) is 23.3 Å². The van der Waals surface area contributed by atoms with Crippen LogP contribution in [0, 0.1) is 0 Å². The molecular formula is C18H21ClN6O3S2. The van der Waals surface area contributed by atoms with Crippen LogP contribution in [0.1, 0.15) is 43.0 Å². The van der Waals surface area contributed by atoms with E-state index in [1.807, 2.05) is 0 Å². The van der Waals surface area contributed by atoms with Crippen molar-refractivity contribution < 1.29 is 13.2 Å². The van der Waals surface area contributed by atoms with E-state index in [1.54, 1.807) is 39.2 Å². The summed E-state index contributed by atoms with van der Waals surface area (Å²) in [5.41, 5.74) is 0.130.